The lowest BCUT2D eigenvalue weighted by molar-refractivity contribution is -0.119. The van der Waals surface area contributed by atoms with E-state index in [-0.39, 0.29) is 17.5 Å². The number of amides is 1. The van der Waals surface area contributed by atoms with Crippen LogP contribution in [0.2, 0.25) is 0 Å². The molecular weight excluding hydrogens is 296 g/mol. The van der Waals surface area contributed by atoms with Crippen molar-refractivity contribution in [2.75, 3.05) is 24.8 Å². The van der Waals surface area contributed by atoms with Crippen LogP contribution in [0.3, 0.4) is 0 Å². The Morgan fingerprint density at radius 1 is 1.45 bits per heavy atom. The summed E-state index contributed by atoms with van der Waals surface area (Å²) in [5.74, 6) is 0.304. The lowest BCUT2D eigenvalue weighted by Crippen LogP contribution is -2.36. The highest BCUT2D eigenvalue weighted by atomic mass is 32.2. The Morgan fingerprint density at radius 3 is 2.75 bits per heavy atom. The van der Waals surface area contributed by atoms with Crippen molar-refractivity contribution in [1.82, 2.24) is 15.5 Å². The number of nitrogens with one attached hydrogen (secondary N) is 2. The first-order valence-corrected chi connectivity index (χ1v) is 8.13. The predicted octanol–water partition coefficient (Wildman–Crippen LogP) is 1.99. The van der Waals surface area contributed by atoms with Crippen molar-refractivity contribution < 1.29 is 9.53 Å². The number of carbonyl (C=O) groups is 1. The largest absolute Gasteiger partial charge is 0.383 e. The minimum Gasteiger partial charge on any atom is -0.383 e. The molecule has 0 spiro atoms. The molecule has 0 aromatic carbocycles. The van der Waals surface area contributed by atoms with Gasteiger partial charge in [-0.15, -0.1) is 10.2 Å². The SMILES string of the molecule is COCC(C)NC(=O)CSc1nnc(NC(C)(C)C)s1. The van der Waals surface area contributed by atoms with Gasteiger partial charge in [-0.25, -0.2) is 0 Å². The first-order chi connectivity index (χ1) is 9.30. The number of aromatic nitrogens is 2. The quantitative estimate of drug-likeness (QED) is 0.749. The summed E-state index contributed by atoms with van der Waals surface area (Å²) in [5, 5.41) is 15.0. The summed E-state index contributed by atoms with van der Waals surface area (Å²) in [4.78, 5) is 11.7. The summed E-state index contributed by atoms with van der Waals surface area (Å²) in [7, 11) is 1.61. The molecule has 20 heavy (non-hydrogen) atoms. The number of thioether (sulfide) groups is 1. The van der Waals surface area contributed by atoms with Gasteiger partial charge in [0.2, 0.25) is 11.0 Å². The zero-order valence-corrected chi connectivity index (χ0v) is 14.2. The molecule has 0 saturated heterocycles. The fourth-order valence-electron chi connectivity index (χ4n) is 1.37. The Bertz CT molecular complexity index is 431. The number of hydrogen-bond acceptors (Lipinski definition) is 7. The Labute approximate surface area is 128 Å². The highest BCUT2D eigenvalue weighted by molar-refractivity contribution is 8.01. The second kappa shape index (κ2) is 7.80. The van der Waals surface area contributed by atoms with Gasteiger partial charge < -0.3 is 15.4 Å². The summed E-state index contributed by atoms with van der Waals surface area (Å²) < 4.78 is 5.75. The fraction of sp³-hybridized carbons (Fsp3) is 0.750. The van der Waals surface area contributed by atoms with Gasteiger partial charge in [0.1, 0.15) is 0 Å². The molecule has 0 fully saturated rings. The van der Waals surface area contributed by atoms with Crippen LogP contribution in [-0.4, -0.2) is 47.2 Å². The molecule has 1 unspecified atom stereocenters. The molecule has 1 atom stereocenters. The minimum atomic E-state index is -0.0472. The average Bonchev–Trinajstić information content (AvgIpc) is 2.72. The molecule has 0 bridgehead atoms. The molecule has 0 saturated carbocycles. The van der Waals surface area contributed by atoms with Gasteiger partial charge in [-0.05, 0) is 27.7 Å². The predicted molar refractivity (Wildman–Crippen MR) is 83.5 cm³/mol. The first kappa shape index (κ1) is 17.2. The number of rotatable bonds is 7. The van der Waals surface area contributed by atoms with Crippen LogP contribution in [0.15, 0.2) is 4.34 Å². The summed E-state index contributed by atoms with van der Waals surface area (Å²) in [5.41, 5.74) is -0.0472. The maximum Gasteiger partial charge on any atom is 0.230 e. The van der Waals surface area contributed by atoms with Gasteiger partial charge in [0.05, 0.1) is 12.4 Å². The van der Waals surface area contributed by atoms with Crippen molar-refractivity contribution in [1.29, 1.82) is 0 Å². The van der Waals surface area contributed by atoms with Gasteiger partial charge in [-0.1, -0.05) is 23.1 Å². The van der Waals surface area contributed by atoms with Gasteiger partial charge >= 0.3 is 0 Å². The second-order valence-corrected chi connectivity index (χ2v) is 7.66. The second-order valence-electron chi connectivity index (χ2n) is 5.46. The van der Waals surface area contributed by atoms with Crippen LogP contribution in [0.4, 0.5) is 5.13 Å². The molecule has 2 N–H and O–H groups in total. The Balaban J connectivity index is 2.37. The normalized spacial score (nSPS) is 13.1. The third-order valence-corrected chi connectivity index (χ3v) is 4.01. The molecule has 1 aromatic heterocycles. The van der Waals surface area contributed by atoms with Gasteiger partial charge in [0.25, 0.3) is 0 Å². The van der Waals surface area contributed by atoms with Crippen LogP contribution in [0, 0.1) is 0 Å². The third-order valence-electron chi connectivity index (χ3n) is 2.04. The topological polar surface area (TPSA) is 76.1 Å². The fourth-order valence-corrected chi connectivity index (χ4v) is 3.15. The van der Waals surface area contributed by atoms with E-state index in [4.69, 9.17) is 4.74 Å². The third kappa shape index (κ3) is 7.06. The highest BCUT2D eigenvalue weighted by Crippen LogP contribution is 2.26. The smallest absolute Gasteiger partial charge is 0.230 e. The van der Waals surface area contributed by atoms with E-state index in [2.05, 4.69) is 41.6 Å². The lowest BCUT2D eigenvalue weighted by Gasteiger charge is -2.18. The molecule has 6 nitrogen and oxygen atoms in total. The molecule has 1 rings (SSSR count). The molecule has 1 amide bonds. The number of anilines is 1. The summed E-state index contributed by atoms with van der Waals surface area (Å²) in [6, 6.07) is 0.0145. The molecule has 1 aromatic rings. The first-order valence-electron chi connectivity index (χ1n) is 6.33. The molecule has 0 radical (unpaired) electrons. The zero-order chi connectivity index (χ0) is 15.2. The molecule has 0 aliphatic rings. The molecule has 0 aliphatic carbocycles. The molecule has 8 heteroatoms. The van der Waals surface area contributed by atoms with Crippen LogP contribution in [0.25, 0.3) is 0 Å². The van der Waals surface area contributed by atoms with Crippen molar-refractivity contribution in [3.8, 4) is 0 Å². The number of carbonyl (C=O) groups excluding carboxylic acids is 1. The van der Waals surface area contributed by atoms with E-state index in [9.17, 15) is 4.79 Å². The number of nitrogens with zero attached hydrogens (tertiary/aromatic N) is 2. The van der Waals surface area contributed by atoms with Gasteiger partial charge in [-0.2, -0.15) is 0 Å². The zero-order valence-electron chi connectivity index (χ0n) is 12.5. The van der Waals surface area contributed by atoms with Crippen LogP contribution in [0.1, 0.15) is 27.7 Å². The van der Waals surface area contributed by atoms with Crippen LogP contribution in [0.5, 0.6) is 0 Å². The molecule has 114 valence electrons. The summed E-state index contributed by atoms with van der Waals surface area (Å²) in [6.07, 6.45) is 0. The van der Waals surface area contributed by atoms with Crippen LogP contribution < -0.4 is 10.6 Å². The number of hydrogen-bond donors (Lipinski definition) is 2. The van der Waals surface area contributed by atoms with Crippen molar-refractivity contribution in [3.63, 3.8) is 0 Å². The van der Waals surface area contributed by atoms with Gasteiger partial charge in [-0.3, -0.25) is 4.79 Å². The average molecular weight is 318 g/mol. The van der Waals surface area contributed by atoms with Crippen molar-refractivity contribution in [2.24, 2.45) is 0 Å². The van der Waals surface area contributed by atoms with E-state index in [1.165, 1.54) is 23.1 Å². The van der Waals surface area contributed by atoms with E-state index in [0.29, 0.717) is 12.4 Å². The van der Waals surface area contributed by atoms with Gasteiger partial charge in [0, 0.05) is 18.7 Å². The number of ether oxygens (including phenoxy) is 1. The number of methoxy groups -OCH3 is 1. The summed E-state index contributed by atoms with van der Waals surface area (Å²) in [6.45, 7) is 8.60. The van der Waals surface area contributed by atoms with Gasteiger partial charge in [0.15, 0.2) is 4.34 Å². The Hall–Kier alpha value is -0.860. The molecular formula is C12H22N4O2S2. The minimum absolute atomic E-state index is 0.0145. The van der Waals surface area contributed by atoms with E-state index in [0.717, 1.165) is 9.47 Å². The van der Waals surface area contributed by atoms with Crippen LogP contribution in [-0.2, 0) is 9.53 Å². The highest BCUT2D eigenvalue weighted by Gasteiger charge is 2.14. The van der Waals surface area contributed by atoms with Crippen molar-refractivity contribution in [2.45, 2.75) is 43.6 Å². The standard InChI is InChI=1S/C12H22N4O2S2/c1-8(6-18-5)13-9(17)7-19-11-16-15-10(20-11)14-12(2,3)4/h8H,6-7H2,1-5H3,(H,13,17)(H,14,15). The molecule has 0 aliphatic heterocycles. The van der Waals surface area contributed by atoms with E-state index >= 15 is 0 Å². The monoisotopic (exact) mass is 318 g/mol. The van der Waals surface area contributed by atoms with E-state index in [1.807, 2.05) is 6.92 Å². The van der Waals surface area contributed by atoms with Crippen molar-refractivity contribution in [3.05, 3.63) is 0 Å². The maximum atomic E-state index is 11.7. The van der Waals surface area contributed by atoms with Crippen molar-refractivity contribution >= 4 is 34.1 Å². The maximum absolute atomic E-state index is 11.7. The van der Waals surface area contributed by atoms with E-state index < -0.39 is 0 Å². The van der Waals surface area contributed by atoms with E-state index in [1.54, 1.807) is 7.11 Å². The van der Waals surface area contributed by atoms with Crippen LogP contribution >= 0.6 is 23.1 Å². The molecule has 1 heterocycles. The lowest BCUT2D eigenvalue weighted by atomic mass is 10.1. The Morgan fingerprint density at radius 2 is 2.15 bits per heavy atom. The Kier molecular flexibility index (Phi) is 6.70. The summed E-state index contributed by atoms with van der Waals surface area (Å²) >= 11 is 2.84.